The standard InChI is InChI=1S/C42H35N/c1-41(2)34-23-15-14-22-32(34)38-36(41)27-37-39(40(38)43(30-18-10-6-11-19-30)31-20-12-7-13-21-31)33-25-24-29(26-35(33)42(37,3)4)28-16-8-5-9-17-28/h5-27H,1-4H3. The van der Waals surface area contributed by atoms with Gasteiger partial charge < -0.3 is 4.90 Å². The Labute approximate surface area is 255 Å². The zero-order valence-corrected chi connectivity index (χ0v) is 25.2. The van der Waals surface area contributed by atoms with Crippen molar-refractivity contribution in [3.8, 4) is 33.4 Å². The van der Waals surface area contributed by atoms with Gasteiger partial charge >= 0.3 is 0 Å². The highest BCUT2D eigenvalue weighted by molar-refractivity contribution is 6.06. The summed E-state index contributed by atoms with van der Waals surface area (Å²) in [7, 11) is 0. The molecule has 0 aromatic heterocycles. The molecule has 43 heavy (non-hydrogen) atoms. The average Bonchev–Trinajstić information content (AvgIpc) is 3.42. The largest absolute Gasteiger partial charge is 0.309 e. The van der Waals surface area contributed by atoms with Gasteiger partial charge in [0.05, 0.1) is 5.69 Å². The molecule has 0 amide bonds. The highest BCUT2D eigenvalue weighted by Gasteiger charge is 2.45. The fourth-order valence-corrected chi connectivity index (χ4v) is 7.61. The monoisotopic (exact) mass is 553 g/mol. The summed E-state index contributed by atoms with van der Waals surface area (Å²) in [5.74, 6) is 0. The molecule has 1 heteroatoms. The van der Waals surface area contributed by atoms with Gasteiger partial charge in [0.15, 0.2) is 0 Å². The molecule has 2 aliphatic carbocycles. The van der Waals surface area contributed by atoms with Gasteiger partial charge in [0.25, 0.3) is 0 Å². The SMILES string of the molecule is CC1(C)c2ccccc2-c2c1cc1c(c2N(c2ccccc2)c2ccccc2)-c2ccc(-c3ccccc3)cc2C1(C)C. The van der Waals surface area contributed by atoms with Crippen LogP contribution in [0.4, 0.5) is 17.1 Å². The summed E-state index contributed by atoms with van der Waals surface area (Å²) in [4.78, 5) is 2.51. The van der Waals surface area contributed by atoms with Crippen LogP contribution in [0.15, 0.2) is 140 Å². The molecule has 0 bridgehead atoms. The van der Waals surface area contributed by atoms with Crippen molar-refractivity contribution in [1.82, 2.24) is 0 Å². The molecule has 0 spiro atoms. The molecule has 2 aliphatic rings. The van der Waals surface area contributed by atoms with Crippen LogP contribution in [0.25, 0.3) is 33.4 Å². The normalized spacial score (nSPS) is 14.9. The summed E-state index contributed by atoms with van der Waals surface area (Å²) in [6.07, 6.45) is 0. The van der Waals surface area contributed by atoms with Crippen LogP contribution in [0.5, 0.6) is 0 Å². The van der Waals surface area contributed by atoms with Crippen LogP contribution in [-0.4, -0.2) is 0 Å². The second-order valence-corrected chi connectivity index (χ2v) is 13.0. The molecule has 6 aromatic carbocycles. The fraction of sp³-hybridized carbons (Fsp3) is 0.143. The quantitative estimate of drug-likeness (QED) is 0.210. The van der Waals surface area contributed by atoms with Gasteiger partial charge in [-0.3, -0.25) is 0 Å². The van der Waals surface area contributed by atoms with E-state index >= 15 is 0 Å². The average molecular weight is 554 g/mol. The van der Waals surface area contributed by atoms with Gasteiger partial charge in [0, 0.05) is 33.3 Å². The Kier molecular flexibility index (Phi) is 5.59. The van der Waals surface area contributed by atoms with Crippen molar-refractivity contribution in [1.29, 1.82) is 0 Å². The number of anilines is 3. The minimum atomic E-state index is -0.164. The van der Waals surface area contributed by atoms with E-state index in [1.165, 1.54) is 72.7 Å². The van der Waals surface area contributed by atoms with Crippen LogP contribution in [-0.2, 0) is 10.8 Å². The van der Waals surface area contributed by atoms with E-state index in [-0.39, 0.29) is 10.8 Å². The van der Waals surface area contributed by atoms with E-state index < -0.39 is 0 Å². The van der Waals surface area contributed by atoms with Gasteiger partial charge in [-0.15, -0.1) is 0 Å². The maximum atomic E-state index is 2.55. The first-order valence-corrected chi connectivity index (χ1v) is 15.3. The maximum absolute atomic E-state index is 2.55. The third-order valence-electron chi connectivity index (χ3n) is 9.84. The zero-order chi connectivity index (χ0) is 29.3. The van der Waals surface area contributed by atoms with E-state index in [1.807, 2.05) is 0 Å². The first kappa shape index (κ1) is 25.8. The van der Waals surface area contributed by atoms with Crippen molar-refractivity contribution in [2.75, 3.05) is 4.90 Å². The van der Waals surface area contributed by atoms with Crippen molar-refractivity contribution >= 4 is 17.1 Å². The van der Waals surface area contributed by atoms with Crippen LogP contribution in [0, 0.1) is 0 Å². The number of nitrogens with zero attached hydrogens (tertiary/aromatic N) is 1. The number of benzene rings is 6. The fourth-order valence-electron chi connectivity index (χ4n) is 7.61. The number of hydrogen-bond acceptors (Lipinski definition) is 1. The van der Waals surface area contributed by atoms with E-state index in [1.54, 1.807) is 0 Å². The Balaban J connectivity index is 1.51. The smallest absolute Gasteiger partial charge is 0.0624 e. The van der Waals surface area contributed by atoms with Crippen LogP contribution in [0.3, 0.4) is 0 Å². The van der Waals surface area contributed by atoms with Gasteiger partial charge in [0.1, 0.15) is 0 Å². The van der Waals surface area contributed by atoms with Crippen LogP contribution >= 0.6 is 0 Å². The number of rotatable bonds is 4. The molecule has 0 aliphatic heterocycles. The molecule has 1 nitrogen and oxygen atoms in total. The summed E-state index contributed by atoms with van der Waals surface area (Å²) < 4.78 is 0. The highest BCUT2D eigenvalue weighted by Crippen LogP contribution is 2.62. The predicted octanol–water partition coefficient (Wildman–Crippen LogP) is 11.4. The molecule has 0 N–H and O–H groups in total. The summed E-state index contributed by atoms with van der Waals surface area (Å²) >= 11 is 0. The summed E-state index contributed by atoms with van der Waals surface area (Å²) in [5, 5.41) is 0. The Morgan fingerprint density at radius 1 is 0.395 bits per heavy atom. The van der Waals surface area contributed by atoms with Gasteiger partial charge in [0.2, 0.25) is 0 Å². The van der Waals surface area contributed by atoms with Crippen LogP contribution in [0.2, 0.25) is 0 Å². The topological polar surface area (TPSA) is 3.24 Å². The van der Waals surface area contributed by atoms with E-state index in [4.69, 9.17) is 0 Å². The van der Waals surface area contributed by atoms with E-state index in [0.29, 0.717) is 0 Å². The van der Waals surface area contributed by atoms with E-state index in [0.717, 1.165) is 0 Å². The third-order valence-corrected chi connectivity index (χ3v) is 9.84. The van der Waals surface area contributed by atoms with Crippen LogP contribution in [0.1, 0.15) is 49.9 Å². The number of fused-ring (bicyclic) bond motifs is 6. The molecule has 0 radical (unpaired) electrons. The van der Waals surface area contributed by atoms with Crippen molar-refractivity contribution < 1.29 is 0 Å². The molecule has 0 fully saturated rings. The van der Waals surface area contributed by atoms with Crippen molar-refractivity contribution in [2.45, 2.75) is 38.5 Å². The van der Waals surface area contributed by atoms with Crippen LogP contribution < -0.4 is 4.90 Å². The molecule has 208 valence electrons. The first-order valence-electron chi connectivity index (χ1n) is 15.3. The molecule has 6 aromatic rings. The Morgan fingerprint density at radius 3 is 1.49 bits per heavy atom. The molecule has 0 atom stereocenters. The molecular weight excluding hydrogens is 518 g/mol. The van der Waals surface area contributed by atoms with Gasteiger partial charge in [-0.25, -0.2) is 0 Å². The molecule has 8 rings (SSSR count). The molecule has 0 saturated heterocycles. The van der Waals surface area contributed by atoms with Crippen molar-refractivity contribution in [3.63, 3.8) is 0 Å². The minimum Gasteiger partial charge on any atom is -0.309 e. The second kappa shape index (κ2) is 9.31. The number of para-hydroxylation sites is 2. The van der Waals surface area contributed by atoms with E-state index in [2.05, 4.69) is 172 Å². The van der Waals surface area contributed by atoms with Gasteiger partial charge in [-0.05, 0) is 74.8 Å². The lowest BCUT2D eigenvalue weighted by molar-refractivity contribution is 0.639. The van der Waals surface area contributed by atoms with Crippen molar-refractivity contribution in [3.05, 3.63) is 162 Å². The zero-order valence-electron chi connectivity index (χ0n) is 25.2. The number of hydrogen-bond donors (Lipinski definition) is 0. The lowest BCUT2D eigenvalue weighted by atomic mass is 9.77. The molecule has 0 unspecified atom stereocenters. The summed E-state index contributed by atoms with van der Waals surface area (Å²) in [6, 6.07) is 51.2. The summed E-state index contributed by atoms with van der Waals surface area (Å²) in [6.45, 7) is 9.61. The molecule has 0 heterocycles. The molecule has 0 saturated carbocycles. The Bertz CT molecular complexity index is 1960. The lowest BCUT2D eigenvalue weighted by Crippen LogP contribution is -2.20. The first-order chi connectivity index (χ1) is 20.9. The Hall–Kier alpha value is -4.88. The van der Waals surface area contributed by atoms with Crippen molar-refractivity contribution in [2.24, 2.45) is 0 Å². The summed E-state index contributed by atoms with van der Waals surface area (Å²) in [5.41, 5.74) is 16.8. The predicted molar refractivity (Wildman–Crippen MR) is 182 cm³/mol. The second-order valence-electron chi connectivity index (χ2n) is 13.0. The van der Waals surface area contributed by atoms with E-state index in [9.17, 15) is 0 Å². The Morgan fingerprint density at radius 2 is 0.884 bits per heavy atom. The molecular formula is C42H35N. The minimum absolute atomic E-state index is 0.116. The highest BCUT2D eigenvalue weighted by atomic mass is 15.1. The maximum Gasteiger partial charge on any atom is 0.0624 e. The lowest BCUT2D eigenvalue weighted by Gasteiger charge is -2.32. The third kappa shape index (κ3) is 3.71. The van der Waals surface area contributed by atoms with Gasteiger partial charge in [-0.2, -0.15) is 0 Å². The van der Waals surface area contributed by atoms with Gasteiger partial charge in [-0.1, -0.05) is 137 Å².